The fourth-order valence-electron chi connectivity index (χ4n) is 2.36. The van der Waals surface area contributed by atoms with E-state index in [4.69, 9.17) is 0 Å². The lowest BCUT2D eigenvalue weighted by molar-refractivity contribution is -0.155. The number of carboxylic acid groups (broad SMARTS) is 2. The molecule has 4 heteroatoms. The number of aliphatic carboxylic acids is 2. The van der Waals surface area contributed by atoms with Crippen molar-refractivity contribution in [1.82, 2.24) is 0 Å². The highest BCUT2D eigenvalue weighted by molar-refractivity contribution is 6.08. The normalized spacial score (nSPS) is 11.1. The minimum Gasteiger partial charge on any atom is -0.480 e. The Bertz CT molecular complexity index is 607. The molecule has 0 radical (unpaired) electrons. The molecule has 2 N–H and O–H groups in total. The van der Waals surface area contributed by atoms with Crippen molar-refractivity contribution >= 4 is 11.9 Å². The van der Waals surface area contributed by atoms with Crippen molar-refractivity contribution in [3.05, 3.63) is 70.8 Å². The zero-order chi connectivity index (χ0) is 15.6. The average molecular weight is 284 g/mol. The lowest BCUT2D eigenvalue weighted by Crippen LogP contribution is -2.44. The first kappa shape index (κ1) is 14.8. The number of hydrogen-bond acceptors (Lipinski definition) is 2. The zero-order valence-electron chi connectivity index (χ0n) is 11.8. The lowest BCUT2D eigenvalue weighted by atomic mass is 9.74. The van der Waals surface area contributed by atoms with Crippen molar-refractivity contribution in [2.45, 2.75) is 19.3 Å². The molecule has 108 valence electrons. The summed E-state index contributed by atoms with van der Waals surface area (Å²) in [6.45, 7) is 3.72. The SMILES string of the molecule is Cc1ccc(C(C(=O)O)(C(=O)O)c2ccc(C)cc2)cc1. The number of rotatable bonds is 4. The number of benzene rings is 2. The molecular weight excluding hydrogens is 268 g/mol. The fraction of sp³-hybridized carbons (Fsp3) is 0.176. The standard InChI is InChI=1S/C17H16O4/c1-11-3-7-13(8-4-11)17(15(18)19,16(20)21)14-9-5-12(2)6-10-14/h3-10H,1-2H3,(H,18,19)(H,20,21). The molecule has 0 spiro atoms. The molecule has 0 aromatic heterocycles. The number of carbonyl (C=O) groups is 2. The van der Waals surface area contributed by atoms with E-state index in [0.717, 1.165) is 11.1 Å². The van der Waals surface area contributed by atoms with Gasteiger partial charge >= 0.3 is 11.9 Å². The Kier molecular flexibility index (Phi) is 3.80. The third kappa shape index (κ3) is 2.40. The summed E-state index contributed by atoms with van der Waals surface area (Å²) in [5, 5.41) is 19.3. The van der Waals surface area contributed by atoms with Crippen molar-refractivity contribution in [3.63, 3.8) is 0 Å². The summed E-state index contributed by atoms with van der Waals surface area (Å²) in [6.07, 6.45) is 0. The molecule has 4 nitrogen and oxygen atoms in total. The molecule has 0 atom stereocenters. The van der Waals surface area contributed by atoms with Crippen LogP contribution in [0, 0.1) is 13.8 Å². The average Bonchev–Trinajstić information content (AvgIpc) is 2.43. The van der Waals surface area contributed by atoms with Gasteiger partial charge in [0.05, 0.1) is 0 Å². The Morgan fingerprint density at radius 3 is 1.24 bits per heavy atom. The van der Waals surface area contributed by atoms with E-state index in [-0.39, 0.29) is 11.1 Å². The van der Waals surface area contributed by atoms with Gasteiger partial charge in [-0.3, -0.25) is 9.59 Å². The van der Waals surface area contributed by atoms with Crippen LogP contribution in [0.5, 0.6) is 0 Å². The van der Waals surface area contributed by atoms with Crippen LogP contribution < -0.4 is 0 Å². The van der Waals surface area contributed by atoms with Crippen LogP contribution >= 0.6 is 0 Å². The van der Waals surface area contributed by atoms with Crippen LogP contribution in [0.2, 0.25) is 0 Å². The van der Waals surface area contributed by atoms with Crippen molar-refractivity contribution in [2.75, 3.05) is 0 Å². The van der Waals surface area contributed by atoms with Crippen LogP contribution in [0.1, 0.15) is 22.3 Å². The molecule has 0 bridgehead atoms. The molecule has 2 rings (SSSR count). The smallest absolute Gasteiger partial charge is 0.330 e. The van der Waals surface area contributed by atoms with Gasteiger partial charge in [0.15, 0.2) is 0 Å². The Labute approximate surface area is 122 Å². The van der Waals surface area contributed by atoms with E-state index in [1.807, 2.05) is 13.8 Å². The summed E-state index contributed by atoms with van der Waals surface area (Å²) >= 11 is 0. The minimum atomic E-state index is -2.10. The summed E-state index contributed by atoms with van der Waals surface area (Å²) < 4.78 is 0. The van der Waals surface area contributed by atoms with E-state index in [1.165, 1.54) is 0 Å². The second-order valence-electron chi connectivity index (χ2n) is 5.09. The van der Waals surface area contributed by atoms with Crippen LogP contribution in [-0.4, -0.2) is 22.2 Å². The van der Waals surface area contributed by atoms with Crippen molar-refractivity contribution in [1.29, 1.82) is 0 Å². The first-order valence-corrected chi connectivity index (χ1v) is 6.50. The van der Waals surface area contributed by atoms with Crippen LogP contribution in [0.25, 0.3) is 0 Å². The fourth-order valence-corrected chi connectivity index (χ4v) is 2.36. The highest BCUT2D eigenvalue weighted by atomic mass is 16.4. The Hall–Kier alpha value is -2.62. The van der Waals surface area contributed by atoms with Crippen molar-refractivity contribution in [3.8, 4) is 0 Å². The highest BCUT2D eigenvalue weighted by Gasteiger charge is 2.50. The van der Waals surface area contributed by atoms with E-state index < -0.39 is 17.4 Å². The molecule has 0 aliphatic carbocycles. The quantitative estimate of drug-likeness (QED) is 0.847. The van der Waals surface area contributed by atoms with E-state index >= 15 is 0 Å². The Morgan fingerprint density at radius 1 is 0.714 bits per heavy atom. The monoisotopic (exact) mass is 284 g/mol. The molecule has 0 fully saturated rings. The van der Waals surface area contributed by atoms with Crippen LogP contribution in [-0.2, 0) is 15.0 Å². The number of carboxylic acids is 2. The Balaban J connectivity index is 2.75. The van der Waals surface area contributed by atoms with Crippen molar-refractivity contribution in [2.24, 2.45) is 0 Å². The molecule has 0 saturated heterocycles. The molecule has 0 aliphatic rings. The molecule has 0 amide bonds. The summed E-state index contributed by atoms with van der Waals surface area (Å²) in [7, 11) is 0. The van der Waals surface area contributed by atoms with Gasteiger partial charge in [-0.15, -0.1) is 0 Å². The maximum Gasteiger partial charge on any atom is 0.330 e. The molecular formula is C17H16O4. The summed E-state index contributed by atoms with van der Waals surface area (Å²) in [5.74, 6) is -2.80. The molecule has 0 aliphatic heterocycles. The van der Waals surface area contributed by atoms with Gasteiger partial charge in [-0.2, -0.15) is 0 Å². The van der Waals surface area contributed by atoms with Crippen molar-refractivity contribution < 1.29 is 19.8 Å². The minimum absolute atomic E-state index is 0.233. The third-order valence-corrected chi connectivity index (χ3v) is 3.61. The molecule has 0 heterocycles. The maximum atomic E-state index is 11.9. The van der Waals surface area contributed by atoms with Gasteiger partial charge in [0.25, 0.3) is 0 Å². The van der Waals surface area contributed by atoms with Gasteiger partial charge in [0.1, 0.15) is 0 Å². The largest absolute Gasteiger partial charge is 0.480 e. The lowest BCUT2D eigenvalue weighted by Gasteiger charge is -2.26. The first-order chi connectivity index (χ1) is 9.88. The topological polar surface area (TPSA) is 74.6 Å². The van der Waals surface area contributed by atoms with Gasteiger partial charge < -0.3 is 10.2 Å². The zero-order valence-corrected chi connectivity index (χ0v) is 11.8. The summed E-state index contributed by atoms with van der Waals surface area (Å²) in [6, 6.07) is 13.1. The Morgan fingerprint density at radius 2 is 1.00 bits per heavy atom. The van der Waals surface area contributed by atoms with E-state index in [1.54, 1.807) is 48.5 Å². The second-order valence-corrected chi connectivity index (χ2v) is 5.09. The van der Waals surface area contributed by atoms with E-state index in [2.05, 4.69) is 0 Å². The molecule has 0 saturated carbocycles. The van der Waals surface area contributed by atoms with Gasteiger partial charge in [-0.25, -0.2) is 0 Å². The van der Waals surface area contributed by atoms with Gasteiger partial charge in [0.2, 0.25) is 5.41 Å². The van der Waals surface area contributed by atoms with Crippen LogP contribution in [0.15, 0.2) is 48.5 Å². The predicted molar refractivity (Wildman–Crippen MR) is 78.4 cm³/mol. The number of aryl methyl sites for hydroxylation is 2. The molecule has 21 heavy (non-hydrogen) atoms. The molecule has 2 aromatic carbocycles. The predicted octanol–water partition coefficient (Wildman–Crippen LogP) is 2.76. The highest BCUT2D eigenvalue weighted by Crippen LogP contribution is 2.33. The van der Waals surface area contributed by atoms with Gasteiger partial charge in [-0.05, 0) is 25.0 Å². The van der Waals surface area contributed by atoms with Crippen LogP contribution in [0.3, 0.4) is 0 Å². The third-order valence-electron chi connectivity index (χ3n) is 3.61. The molecule has 0 unspecified atom stereocenters. The maximum absolute atomic E-state index is 11.9. The summed E-state index contributed by atoms with van der Waals surface area (Å²) in [5.41, 5.74) is 0.245. The van der Waals surface area contributed by atoms with Crippen LogP contribution in [0.4, 0.5) is 0 Å². The van der Waals surface area contributed by atoms with E-state index in [0.29, 0.717) is 0 Å². The summed E-state index contributed by atoms with van der Waals surface area (Å²) in [4.78, 5) is 23.7. The molecule has 2 aromatic rings. The number of hydrogen-bond donors (Lipinski definition) is 2. The van der Waals surface area contributed by atoms with Gasteiger partial charge in [0, 0.05) is 0 Å². The second kappa shape index (κ2) is 5.40. The first-order valence-electron chi connectivity index (χ1n) is 6.50. The van der Waals surface area contributed by atoms with E-state index in [9.17, 15) is 19.8 Å². The van der Waals surface area contributed by atoms with Gasteiger partial charge in [-0.1, -0.05) is 59.7 Å².